The summed E-state index contributed by atoms with van der Waals surface area (Å²) in [5, 5.41) is 2.35. The molecule has 8 heteroatoms. The van der Waals surface area contributed by atoms with E-state index in [4.69, 9.17) is 4.74 Å². The molecule has 32 heavy (non-hydrogen) atoms. The third-order valence-corrected chi connectivity index (χ3v) is 6.27. The van der Waals surface area contributed by atoms with Gasteiger partial charge in [0.1, 0.15) is 12.3 Å². The van der Waals surface area contributed by atoms with Crippen molar-refractivity contribution in [1.82, 2.24) is 4.90 Å². The van der Waals surface area contributed by atoms with Gasteiger partial charge in [-0.1, -0.05) is 38.1 Å². The largest absolute Gasteiger partial charge is 0.492 e. The first-order valence-electron chi connectivity index (χ1n) is 10.2. The van der Waals surface area contributed by atoms with Gasteiger partial charge in [-0.15, -0.1) is 0 Å². The highest BCUT2D eigenvalue weighted by Crippen LogP contribution is 2.34. The average molecular weight is 517 g/mol. The van der Waals surface area contributed by atoms with Crippen LogP contribution in [0.1, 0.15) is 30.5 Å². The minimum atomic E-state index is -0.479. The molecule has 1 saturated heterocycles. The smallest absolute Gasteiger partial charge is 0.294 e. The van der Waals surface area contributed by atoms with Crippen LogP contribution < -0.4 is 10.1 Å². The van der Waals surface area contributed by atoms with Crippen LogP contribution >= 0.6 is 27.7 Å². The van der Waals surface area contributed by atoms with Crippen LogP contribution in [0.4, 0.5) is 10.5 Å². The van der Waals surface area contributed by atoms with Gasteiger partial charge < -0.3 is 10.1 Å². The van der Waals surface area contributed by atoms with Crippen LogP contribution in [0, 0.1) is 19.8 Å². The standard InChI is InChI=1S/C24H25BrN2O4S/c1-14(2)13-31-19-9-8-17(10-18(19)25)11-20-23(29)27(24(30)32-20)12-21(28)26-22-15(3)6-5-7-16(22)4/h5-11,14H,12-13H2,1-4H3,(H,26,28)/b20-11+. The molecular formula is C24H25BrN2O4S. The van der Waals surface area contributed by atoms with Crippen molar-refractivity contribution in [2.45, 2.75) is 27.7 Å². The summed E-state index contributed by atoms with van der Waals surface area (Å²) in [6, 6.07) is 11.2. The fourth-order valence-electron chi connectivity index (χ4n) is 3.10. The molecule has 6 nitrogen and oxygen atoms in total. The van der Waals surface area contributed by atoms with E-state index in [1.807, 2.05) is 50.2 Å². The number of thioether (sulfide) groups is 1. The molecule has 0 spiro atoms. The summed E-state index contributed by atoms with van der Waals surface area (Å²) < 4.78 is 6.50. The Morgan fingerprint density at radius 3 is 2.50 bits per heavy atom. The molecule has 0 unspecified atom stereocenters. The van der Waals surface area contributed by atoms with Gasteiger partial charge in [0, 0.05) is 5.69 Å². The third-order valence-electron chi connectivity index (χ3n) is 4.75. The second-order valence-corrected chi connectivity index (χ2v) is 9.83. The highest BCUT2D eigenvalue weighted by molar-refractivity contribution is 9.10. The van der Waals surface area contributed by atoms with E-state index in [0.29, 0.717) is 24.0 Å². The van der Waals surface area contributed by atoms with Crippen molar-refractivity contribution in [2.24, 2.45) is 5.92 Å². The molecule has 1 aliphatic rings. The number of anilines is 1. The summed E-state index contributed by atoms with van der Waals surface area (Å²) in [7, 11) is 0. The van der Waals surface area contributed by atoms with Gasteiger partial charge >= 0.3 is 0 Å². The number of para-hydroxylation sites is 1. The van der Waals surface area contributed by atoms with Gasteiger partial charge in [-0.05, 0) is 82.4 Å². The molecule has 168 valence electrons. The molecule has 0 saturated carbocycles. The van der Waals surface area contributed by atoms with E-state index < -0.39 is 17.1 Å². The van der Waals surface area contributed by atoms with Crippen molar-refractivity contribution in [3.05, 3.63) is 62.5 Å². The Hall–Kier alpha value is -2.58. The molecule has 0 radical (unpaired) electrons. The van der Waals surface area contributed by atoms with Crippen molar-refractivity contribution in [3.63, 3.8) is 0 Å². The van der Waals surface area contributed by atoms with Crippen molar-refractivity contribution in [2.75, 3.05) is 18.5 Å². The summed E-state index contributed by atoms with van der Waals surface area (Å²) in [6.45, 7) is 8.19. The molecular weight excluding hydrogens is 492 g/mol. The monoisotopic (exact) mass is 516 g/mol. The zero-order chi connectivity index (χ0) is 23.4. The van der Waals surface area contributed by atoms with E-state index in [2.05, 4.69) is 35.1 Å². The number of carbonyl (C=O) groups excluding carboxylic acids is 3. The number of nitrogens with one attached hydrogen (secondary N) is 1. The Morgan fingerprint density at radius 1 is 1.19 bits per heavy atom. The maximum absolute atomic E-state index is 12.8. The van der Waals surface area contributed by atoms with E-state index in [-0.39, 0.29) is 11.4 Å². The van der Waals surface area contributed by atoms with Crippen LogP contribution in [0.2, 0.25) is 0 Å². The first-order chi connectivity index (χ1) is 15.2. The lowest BCUT2D eigenvalue weighted by molar-refractivity contribution is -0.127. The molecule has 1 heterocycles. The van der Waals surface area contributed by atoms with Gasteiger partial charge in [-0.3, -0.25) is 19.3 Å². The summed E-state index contributed by atoms with van der Waals surface area (Å²) in [4.78, 5) is 38.9. The fourth-order valence-corrected chi connectivity index (χ4v) is 4.45. The van der Waals surface area contributed by atoms with Crippen LogP contribution in [0.15, 0.2) is 45.8 Å². The molecule has 0 atom stereocenters. The van der Waals surface area contributed by atoms with Gasteiger partial charge in [0.15, 0.2) is 0 Å². The van der Waals surface area contributed by atoms with Crippen LogP contribution in [-0.2, 0) is 9.59 Å². The van der Waals surface area contributed by atoms with Crippen molar-refractivity contribution >= 4 is 56.5 Å². The van der Waals surface area contributed by atoms with Gasteiger partial charge in [0.05, 0.1) is 16.0 Å². The summed E-state index contributed by atoms with van der Waals surface area (Å²) in [5.74, 6) is 0.223. The molecule has 0 bridgehead atoms. The lowest BCUT2D eigenvalue weighted by Crippen LogP contribution is -2.36. The minimum Gasteiger partial charge on any atom is -0.492 e. The Labute approximate surface area is 200 Å². The highest BCUT2D eigenvalue weighted by Gasteiger charge is 2.36. The Balaban J connectivity index is 1.69. The summed E-state index contributed by atoms with van der Waals surface area (Å²) in [5.41, 5.74) is 3.28. The zero-order valence-electron chi connectivity index (χ0n) is 18.4. The van der Waals surface area contributed by atoms with Crippen molar-refractivity contribution in [3.8, 4) is 5.75 Å². The van der Waals surface area contributed by atoms with E-state index in [0.717, 1.165) is 37.8 Å². The first kappa shape index (κ1) is 24.1. The molecule has 3 rings (SSSR count). The Kier molecular flexibility index (Phi) is 7.79. The number of carbonyl (C=O) groups is 3. The second kappa shape index (κ2) is 10.4. The molecule has 1 N–H and O–H groups in total. The number of hydrogen-bond donors (Lipinski definition) is 1. The highest BCUT2D eigenvalue weighted by atomic mass is 79.9. The van der Waals surface area contributed by atoms with E-state index >= 15 is 0 Å². The van der Waals surface area contributed by atoms with E-state index in [1.165, 1.54) is 0 Å². The lowest BCUT2D eigenvalue weighted by atomic mass is 10.1. The Morgan fingerprint density at radius 2 is 1.88 bits per heavy atom. The second-order valence-electron chi connectivity index (χ2n) is 7.98. The van der Waals surface area contributed by atoms with Gasteiger partial charge in [0.2, 0.25) is 5.91 Å². The van der Waals surface area contributed by atoms with Crippen LogP contribution in [0.5, 0.6) is 5.75 Å². The number of benzene rings is 2. The predicted molar refractivity (Wildman–Crippen MR) is 132 cm³/mol. The molecule has 2 aromatic rings. The van der Waals surface area contributed by atoms with E-state index in [1.54, 1.807) is 6.08 Å². The Bertz CT molecular complexity index is 1080. The van der Waals surface area contributed by atoms with Gasteiger partial charge in [-0.25, -0.2) is 0 Å². The molecule has 0 aliphatic carbocycles. The fraction of sp³-hybridized carbons (Fsp3) is 0.292. The lowest BCUT2D eigenvalue weighted by Gasteiger charge is -2.15. The van der Waals surface area contributed by atoms with E-state index in [9.17, 15) is 14.4 Å². The molecule has 3 amide bonds. The number of amides is 3. The molecule has 1 fully saturated rings. The summed E-state index contributed by atoms with van der Waals surface area (Å²) in [6.07, 6.45) is 1.64. The molecule has 1 aliphatic heterocycles. The molecule has 2 aromatic carbocycles. The zero-order valence-corrected chi connectivity index (χ0v) is 20.8. The molecule has 0 aromatic heterocycles. The van der Waals surface area contributed by atoms with Gasteiger partial charge in [-0.2, -0.15) is 0 Å². The number of hydrogen-bond acceptors (Lipinski definition) is 5. The summed E-state index contributed by atoms with van der Waals surface area (Å²) >= 11 is 4.31. The third kappa shape index (κ3) is 5.81. The predicted octanol–water partition coefficient (Wildman–Crippen LogP) is 5.78. The van der Waals surface area contributed by atoms with Gasteiger partial charge in [0.25, 0.3) is 11.1 Å². The number of nitrogens with zero attached hydrogens (tertiary/aromatic N) is 1. The number of imide groups is 1. The number of halogens is 1. The van der Waals surface area contributed by atoms with Crippen molar-refractivity contribution in [1.29, 1.82) is 0 Å². The van der Waals surface area contributed by atoms with Crippen LogP contribution in [0.25, 0.3) is 6.08 Å². The van der Waals surface area contributed by atoms with Crippen molar-refractivity contribution < 1.29 is 19.1 Å². The number of aryl methyl sites for hydroxylation is 2. The SMILES string of the molecule is Cc1cccc(C)c1NC(=O)CN1C(=O)S/C(=C/c2ccc(OCC(C)C)c(Br)c2)C1=O. The maximum atomic E-state index is 12.8. The average Bonchev–Trinajstić information content (AvgIpc) is 2.97. The minimum absolute atomic E-state index is 0.276. The normalized spacial score (nSPS) is 15.1. The number of rotatable bonds is 7. The quantitative estimate of drug-likeness (QED) is 0.472. The maximum Gasteiger partial charge on any atom is 0.294 e. The van der Waals surface area contributed by atoms with Crippen LogP contribution in [-0.4, -0.2) is 35.1 Å². The topological polar surface area (TPSA) is 75.7 Å². The first-order valence-corrected chi connectivity index (χ1v) is 11.8. The number of ether oxygens (including phenoxy) is 1. The van der Waals surface area contributed by atoms with Crippen LogP contribution in [0.3, 0.4) is 0 Å².